The van der Waals surface area contributed by atoms with Crippen molar-refractivity contribution >= 4 is 27.7 Å². The second-order valence-corrected chi connectivity index (χ2v) is 8.96. The first-order valence-electron chi connectivity index (χ1n) is 9.70. The first-order valence-corrected chi connectivity index (χ1v) is 11.1. The van der Waals surface area contributed by atoms with Gasteiger partial charge in [-0.05, 0) is 50.5 Å². The number of hydrogen-bond donors (Lipinski definition) is 0. The van der Waals surface area contributed by atoms with Crippen LogP contribution in [0, 0.1) is 0 Å². The molecule has 0 amide bonds. The fourth-order valence-corrected chi connectivity index (χ4v) is 4.98. The zero-order chi connectivity index (χ0) is 22.6. The molecule has 0 saturated carbocycles. The van der Waals surface area contributed by atoms with Gasteiger partial charge in [-0.15, -0.1) is 0 Å². The summed E-state index contributed by atoms with van der Waals surface area (Å²) in [4.78, 5) is 35.6. The minimum atomic E-state index is -3.96. The molecule has 10 heteroatoms. The van der Waals surface area contributed by atoms with E-state index >= 15 is 0 Å². The van der Waals surface area contributed by atoms with Crippen LogP contribution < -0.4 is 0 Å². The van der Waals surface area contributed by atoms with Crippen molar-refractivity contribution in [3.63, 3.8) is 0 Å². The number of sulfonamides is 1. The van der Waals surface area contributed by atoms with Crippen molar-refractivity contribution in [3.8, 4) is 0 Å². The number of ketones is 1. The number of Topliss-reactive ketones (excluding diaryl/α,β-unsaturated/α-hetero) is 1. The molecule has 2 heterocycles. The van der Waals surface area contributed by atoms with Gasteiger partial charge in [0.25, 0.3) is 0 Å². The summed E-state index contributed by atoms with van der Waals surface area (Å²) >= 11 is 0. The third-order valence-electron chi connectivity index (χ3n) is 5.00. The molecule has 0 spiro atoms. The van der Waals surface area contributed by atoms with Crippen LogP contribution >= 0.6 is 0 Å². The maximum absolute atomic E-state index is 13.1. The van der Waals surface area contributed by atoms with Crippen molar-refractivity contribution in [2.75, 3.05) is 13.7 Å². The highest BCUT2D eigenvalue weighted by atomic mass is 32.2. The smallest absolute Gasteiger partial charge is 0.373 e. The number of furan rings is 1. The van der Waals surface area contributed by atoms with E-state index in [0.29, 0.717) is 24.8 Å². The Kier molecular flexibility index (Phi) is 6.91. The van der Waals surface area contributed by atoms with Gasteiger partial charge in [-0.25, -0.2) is 13.2 Å². The highest BCUT2D eigenvalue weighted by molar-refractivity contribution is 7.89. The van der Waals surface area contributed by atoms with E-state index < -0.39 is 28.0 Å². The van der Waals surface area contributed by atoms with E-state index in [1.54, 1.807) is 0 Å². The molecule has 0 radical (unpaired) electrons. The molecule has 1 aromatic heterocycles. The van der Waals surface area contributed by atoms with Crippen LogP contribution in [0.2, 0.25) is 0 Å². The summed E-state index contributed by atoms with van der Waals surface area (Å²) in [6.07, 6.45) is 1.63. The van der Waals surface area contributed by atoms with Crippen LogP contribution in [0.15, 0.2) is 45.7 Å². The second kappa shape index (κ2) is 9.44. The summed E-state index contributed by atoms with van der Waals surface area (Å²) in [6.45, 7) is 1.34. The van der Waals surface area contributed by atoms with E-state index in [-0.39, 0.29) is 35.4 Å². The fraction of sp³-hybridized carbons (Fsp3) is 0.381. The van der Waals surface area contributed by atoms with Gasteiger partial charge in [0.05, 0.1) is 12.0 Å². The Labute approximate surface area is 180 Å². The molecule has 9 nitrogen and oxygen atoms in total. The molecule has 31 heavy (non-hydrogen) atoms. The molecular weight excluding hydrogens is 426 g/mol. The lowest BCUT2D eigenvalue weighted by Crippen LogP contribution is -2.48. The van der Waals surface area contributed by atoms with Crippen LogP contribution in [0.3, 0.4) is 0 Å². The van der Waals surface area contributed by atoms with Crippen molar-refractivity contribution in [1.29, 1.82) is 0 Å². The zero-order valence-electron chi connectivity index (χ0n) is 17.2. The average molecular weight is 449 g/mol. The Morgan fingerprint density at radius 2 is 1.81 bits per heavy atom. The monoisotopic (exact) mass is 449 g/mol. The SMILES string of the molecule is COC(=O)c1ccc(COC(=O)C2CCCCN2S(=O)(=O)c2ccc(C(C)=O)cc2)o1. The lowest BCUT2D eigenvalue weighted by molar-refractivity contribution is -0.151. The molecule has 0 N–H and O–H groups in total. The Hall–Kier alpha value is -2.98. The number of ether oxygens (including phenoxy) is 2. The van der Waals surface area contributed by atoms with Gasteiger partial charge in [-0.2, -0.15) is 4.31 Å². The third kappa shape index (κ3) is 5.02. The maximum Gasteiger partial charge on any atom is 0.373 e. The summed E-state index contributed by atoms with van der Waals surface area (Å²) in [6, 6.07) is 7.52. The number of benzene rings is 1. The van der Waals surface area contributed by atoms with E-state index in [1.165, 1.54) is 50.4 Å². The standard InChI is InChI=1S/C21H23NO8S/c1-14(23)15-6-9-17(10-7-15)31(26,27)22-12-4-3-5-18(22)20(24)29-13-16-8-11-19(30-16)21(25)28-2/h6-11,18H,3-5,12-13H2,1-2H3. The predicted molar refractivity (Wildman–Crippen MR) is 108 cm³/mol. The Balaban J connectivity index is 1.73. The number of carbonyl (C=O) groups is 3. The fourth-order valence-electron chi connectivity index (χ4n) is 3.33. The molecule has 3 rings (SSSR count). The van der Waals surface area contributed by atoms with E-state index in [9.17, 15) is 22.8 Å². The molecular formula is C21H23NO8S. The highest BCUT2D eigenvalue weighted by Gasteiger charge is 2.38. The number of rotatable bonds is 7. The van der Waals surface area contributed by atoms with E-state index in [4.69, 9.17) is 9.15 Å². The van der Waals surface area contributed by atoms with Gasteiger partial charge in [0.15, 0.2) is 5.78 Å². The van der Waals surface area contributed by atoms with Crippen LogP contribution in [0.5, 0.6) is 0 Å². The van der Waals surface area contributed by atoms with Gasteiger partial charge < -0.3 is 13.9 Å². The number of hydrogen-bond acceptors (Lipinski definition) is 8. The predicted octanol–water partition coefficient (Wildman–Crippen LogP) is 2.56. The number of nitrogens with zero attached hydrogens (tertiary/aromatic N) is 1. The van der Waals surface area contributed by atoms with Gasteiger partial charge in [0, 0.05) is 12.1 Å². The second-order valence-electron chi connectivity index (χ2n) is 7.07. The first-order chi connectivity index (χ1) is 14.7. The quantitative estimate of drug-likeness (QED) is 0.467. The van der Waals surface area contributed by atoms with Crippen molar-refractivity contribution < 1.29 is 36.7 Å². The van der Waals surface area contributed by atoms with Gasteiger partial charge >= 0.3 is 11.9 Å². The van der Waals surface area contributed by atoms with Gasteiger partial charge in [0.2, 0.25) is 15.8 Å². The van der Waals surface area contributed by atoms with Gasteiger partial charge in [-0.1, -0.05) is 12.1 Å². The molecule has 1 aliphatic heterocycles. The normalized spacial score (nSPS) is 17.2. The van der Waals surface area contributed by atoms with Crippen LogP contribution in [0.25, 0.3) is 0 Å². The maximum atomic E-state index is 13.1. The molecule has 1 aromatic carbocycles. The minimum absolute atomic E-state index is 0.00551. The van der Waals surface area contributed by atoms with E-state index in [2.05, 4.69) is 4.74 Å². The summed E-state index contributed by atoms with van der Waals surface area (Å²) in [5.41, 5.74) is 0.401. The topological polar surface area (TPSA) is 120 Å². The number of carbonyl (C=O) groups excluding carboxylic acids is 3. The van der Waals surface area contributed by atoms with Crippen molar-refractivity contribution in [3.05, 3.63) is 53.5 Å². The third-order valence-corrected chi connectivity index (χ3v) is 6.92. The molecule has 1 atom stereocenters. The summed E-state index contributed by atoms with van der Waals surface area (Å²) in [5.74, 6) is -1.31. The molecule has 0 bridgehead atoms. The van der Waals surface area contributed by atoms with Crippen LogP contribution in [-0.4, -0.2) is 50.1 Å². The average Bonchev–Trinajstić information content (AvgIpc) is 3.26. The molecule has 1 saturated heterocycles. The molecule has 1 aliphatic rings. The van der Waals surface area contributed by atoms with Crippen molar-refractivity contribution in [1.82, 2.24) is 4.31 Å². The van der Waals surface area contributed by atoms with Crippen molar-refractivity contribution in [2.24, 2.45) is 0 Å². The Morgan fingerprint density at radius 3 is 2.45 bits per heavy atom. The highest BCUT2D eigenvalue weighted by Crippen LogP contribution is 2.27. The summed E-state index contributed by atoms with van der Waals surface area (Å²) < 4.78 is 42.5. The van der Waals surface area contributed by atoms with Crippen LogP contribution in [0.1, 0.15) is 52.9 Å². The van der Waals surface area contributed by atoms with E-state index in [1.807, 2.05) is 0 Å². The molecule has 1 fully saturated rings. The largest absolute Gasteiger partial charge is 0.463 e. The zero-order valence-corrected chi connectivity index (χ0v) is 18.0. The van der Waals surface area contributed by atoms with Crippen molar-refractivity contribution in [2.45, 2.75) is 43.7 Å². The van der Waals surface area contributed by atoms with Crippen LogP contribution in [-0.2, 0) is 30.9 Å². The number of methoxy groups -OCH3 is 1. The number of esters is 2. The Morgan fingerprint density at radius 1 is 1.10 bits per heavy atom. The summed E-state index contributed by atoms with van der Waals surface area (Å²) in [5, 5.41) is 0. The van der Waals surface area contributed by atoms with Gasteiger partial charge in [-0.3, -0.25) is 9.59 Å². The van der Waals surface area contributed by atoms with E-state index in [0.717, 1.165) is 4.31 Å². The Bertz CT molecular complexity index is 1070. The lowest BCUT2D eigenvalue weighted by Gasteiger charge is -2.33. The first kappa shape index (κ1) is 22.7. The lowest BCUT2D eigenvalue weighted by atomic mass is 10.1. The number of piperidine rings is 1. The summed E-state index contributed by atoms with van der Waals surface area (Å²) in [7, 11) is -2.74. The molecule has 2 aromatic rings. The minimum Gasteiger partial charge on any atom is -0.463 e. The molecule has 0 aliphatic carbocycles. The molecule has 166 valence electrons. The molecule has 1 unspecified atom stereocenters. The van der Waals surface area contributed by atoms with Crippen LogP contribution in [0.4, 0.5) is 0 Å². The van der Waals surface area contributed by atoms with Gasteiger partial charge in [0.1, 0.15) is 18.4 Å².